The highest BCUT2D eigenvalue weighted by Crippen LogP contribution is 2.30. The minimum Gasteiger partial charge on any atom is -0.338 e. The van der Waals surface area contributed by atoms with Gasteiger partial charge in [0.2, 0.25) is 0 Å². The molecule has 2 aliphatic heterocycles. The molecular formula is C25H30N4O. The summed E-state index contributed by atoms with van der Waals surface area (Å²) in [5.41, 5.74) is 3.77. The molecule has 0 radical (unpaired) electrons. The molecule has 0 bridgehead atoms. The number of rotatable bonds is 3. The molecule has 2 aromatic carbocycles. The molecule has 2 fully saturated rings. The number of aromatic nitrogens is 2. The first kappa shape index (κ1) is 19.3. The molecule has 5 nitrogen and oxygen atoms in total. The number of nitrogens with zero attached hydrogens (tertiary/aromatic N) is 3. The fourth-order valence-electron chi connectivity index (χ4n) is 5.28. The molecule has 5 heteroatoms. The molecule has 1 aromatic heterocycles. The summed E-state index contributed by atoms with van der Waals surface area (Å²) < 4.78 is 2.15. The summed E-state index contributed by atoms with van der Waals surface area (Å²) in [6, 6.07) is 16.2. The number of aryl methyl sites for hydroxylation is 1. The number of carbonyl (C=O) groups excluding carboxylic acids is 1. The van der Waals surface area contributed by atoms with Crippen LogP contribution in [0.2, 0.25) is 0 Å². The van der Waals surface area contributed by atoms with Crippen molar-refractivity contribution in [1.82, 2.24) is 19.8 Å². The third-order valence-corrected chi connectivity index (χ3v) is 6.83. The van der Waals surface area contributed by atoms with Crippen molar-refractivity contribution >= 4 is 16.9 Å². The molecule has 156 valence electrons. The maximum absolute atomic E-state index is 13.3. The van der Waals surface area contributed by atoms with Gasteiger partial charge in [-0.2, -0.15) is 0 Å². The van der Waals surface area contributed by atoms with E-state index in [0.717, 1.165) is 60.7 Å². The summed E-state index contributed by atoms with van der Waals surface area (Å²) in [5.74, 6) is 2.42. The standard InChI is InChI=1S/C25H30N4O/c1-18-27-23-15-19(11-12-24(23)29(18)22-9-3-2-4-10-22)25(30)28-14-6-8-21(17-28)20-7-5-13-26-16-20/h2-4,9-12,15,20-21,26H,5-8,13-14,16-17H2,1H3. The van der Waals surface area contributed by atoms with E-state index < -0.39 is 0 Å². The molecule has 1 N–H and O–H groups in total. The summed E-state index contributed by atoms with van der Waals surface area (Å²) in [5, 5.41) is 3.54. The van der Waals surface area contributed by atoms with Crippen LogP contribution < -0.4 is 5.32 Å². The highest BCUT2D eigenvalue weighted by molar-refractivity contribution is 5.97. The SMILES string of the molecule is Cc1nc2cc(C(=O)N3CCCC(C4CCCNC4)C3)ccc2n1-c1ccccc1. The number of hydrogen-bond donors (Lipinski definition) is 1. The smallest absolute Gasteiger partial charge is 0.253 e. The van der Waals surface area contributed by atoms with Crippen LogP contribution in [-0.4, -0.2) is 46.5 Å². The molecule has 2 saturated heterocycles. The van der Waals surface area contributed by atoms with Crippen molar-refractivity contribution in [2.45, 2.75) is 32.6 Å². The van der Waals surface area contributed by atoms with Gasteiger partial charge in [0.25, 0.3) is 5.91 Å². The van der Waals surface area contributed by atoms with E-state index in [1.807, 2.05) is 43.3 Å². The molecule has 1 amide bonds. The van der Waals surface area contributed by atoms with Crippen LogP contribution >= 0.6 is 0 Å². The maximum Gasteiger partial charge on any atom is 0.253 e. The molecule has 3 aromatic rings. The second kappa shape index (κ2) is 8.23. The number of imidazole rings is 1. The zero-order valence-electron chi connectivity index (χ0n) is 17.7. The van der Waals surface area contributed by atoms with Crippen LogP contribution in [0.1, 0.15) is 41.9 Å². The average Bonchev–Trinajstić information content (AvgIpc) is 3.14. The van der Waals surface area contributed by atoms with Gasteiger partial charge in [0.1, 0.15) is 5.82 Å². The molecular weight excluding hydrogens is 372 g/mol. The number of hydrogen-bond acceptors (Lipinski definition) is 3. The van der Waals surface area contributed by atoms with Gasteiger partial charge in [-0.15, -0.1) is 0 Å². The van der Waals surface area contributed by atoms with Gasteiger partial charge < -0.3 is 10.2 Å². The van der Waals surface area contributed by atoms with E-state index >= 15 is 0 Å². The van der Waals surface area contributed by atoms with Crippen LogP contribution in [-0.2, 0) is 0 Å². The minimum atomic E-state index is 0.150. The van der Waals surface area contributed by atoms with Gasteiger partial charge in [-0.05, 0) is 87.9 Å². The Morgan fingerprint density at radius 2 is 1.90 bits per heavy atom. The van der Waals surface area contributed by atoms with E-state index in [1.54, 1.807) is 0 Å². The molecule has 2 atom stereocenters. The van der Waals surface area contributed by atoms with Crippen molar-refractivity contribution < 1.29 is 4.79 Å². The molecule has 3 heterocycles. The highest BCUT2D eigenvalue weighted by atomic mass is 16.2. The number of likely N-dealkylation sites (tertiary alicyclic amines) is 1. The van der Waals surface area contributed by atoms with E-state index in [4.69, 9.17) is 4.98 Å². The fourth-order valence-corrected chi connectivity index (χ4v) is 5.28. The predicted octanol–water partition coefficient (Wildman–Crippen LogP) is 4.19. The topological polar surface area (TPSA) is 50.2 Å². The van der Waals surface area contributed by atoms with Crippen LogP contribution in [0.15, 0.2) is 48.5 Å². The first-order valence-corrected chi connectivity index (χ1v) is 11.3. The van der Waals surface area contributed by atoms with Crippen molar-refractivity contribution in [3.05, 3.63) is 59.9 Å². The number of fused-ring (bicyclic) bond motifs is 1. The van der Waals surface area contributed by atoms with Crippen molar-refractivity contribution in [2.75, 3.05) is 26.2 Å². The van der Waals surface area contributed by atoms with Gasteiger partial charge in [-0.25, -0.2) is 4.98 Å². The third-order valence-electron chi connectivity index (χ3n) is 6.83. The first-order chi connectivity index (χ1) is 14.7. The van der Waals surface area contributed by atoms with E-state index in [0.29, 0.717) is 11.8 Å². The van der Waals surface area contributed by atoms with Crippen molar-refractivity contribution in [3.8, 4) is 5.69 Å². The maximum atomic E-state index is 13.3. The molecule has 0 aliphatic carbocycles. The number of piperidine rings is 2. The lowest BCUT2D eigenvalue weighted by atomic mass is 9.81. The van der Waals surface area contributed by atoms with Crippen LogP contribution in [0.25, 0.3) is 16.7 Å². The number of carbonyl (C=O) groups is 1. The zero-order valence-corrected chi connectivity index (χ0v) is 17.7. The molecule has 5 rings (SSSR count). The second-order valence-corrected chi connectivity index (χ2v) is 8.79. The van der Waals surface area contributed by atoms with E-state index in [-0.39, 0.29) is 5.91 Å². The normalized spacial score (nSPS) is 22.4. The van der Waals surface area contributed by atoms with E-state index in [2.05, 4.69) is 26.9 Å². The Morgan fingerprint density at radius 3 is 2.70 bits per heavy atom. The number of nitrogens with one attached hydrogen (secondary N) is 1. The molecule has 2 aliphatic rings. The summed E-state index contributed by atoms with van der Waals surface area (Å²) in [7, 11) is 0. The number of amides is 1. The number of benzene rings is 2. The van der Waals surface area contributed by atoms with Gasteiger partial charge in [-0.1, -0.05) is 18.2 Å². The second-order valence-electron chi connectivity index (χ2n) is 8.79. The third kappa shape index (κ3) is 3.63. The summed E-state index contributed by atoms with van der Waals surface area (Å²) in [6.07, 6.45) is 4.91. The van der Waals surface area contributed by atoms with Gasteiger partial charge in [0.05, 0.1) is 11.0 Å². The Labute approximate surface area is 178 Å². The van der Waals surface area contributed by atoms with Crippen molar-refractivity contribution in [2.24, 2.45) is 11.8 Å². The van der Waals surface area contributed by atoms with E-state index in [9.17, 15) is 4.79 Å². The minimum absolute atomic E-state index is 0.150. The lowest BCUT2D eigenvalue weighted by Crippen LogP contribution is -2.45. The lowest BCUT2D eigenvalue weighted by Gasteiger charge is -2.38. The van der Waals surface area contributed by atoms with Crippen LogP contribution in [0.5, 0.6) is 0 Å². The van der Waals surface area contributed by atoms with Gasteiger partial charge in [-0.3, -0.25) is 9.36 Å². The Kier molecular flexibility index (Phi) is 5.30. The Hall–Kier alpha value is -2.66. The molecule has 0 saturated carbocycles. The van der Waals surface area contributed by atoms with Crippen molar-refractivity contribution in [3.63, 3.8) is 0 Å². The van der Waals surface area contributed by atoms with Crippen LogP contribution in [0.4, 0.5) is 0 Å². The highest BCUT2D eigenvalue weighted by Gasteiger charge is 2.30. The number of para-hydroxylation sites is 1. The Balaban J connectivity index is 1.38. The van der Waals surface area contributed by atoms with Crippen molar-refractivity contribution in [1.29, 1.82) is 0 Å². The Bertz CT molecular complexity index is 1040. The monoisotopic (exact) mass is 402 g/mol. The molecule has 30 heavy (non-hydrogen) atoms. The first-order valence-electron chi connectivity index (χ1n) is 11.3. The van der Waals surface area contributed by atoms with Gasteiger partial charge in [0, 0.05) is 24.3 Å². The van der Waals surface area contributed by atoms with Crippen LogP contribution in [0.3, 0.4) is 0 Å². The largest absolute Gasteiger partial charge is 0.338 e. The molecule has 0 spiro atoms. The lowest BCUT2D eigenvalue weighted by molar-refractivity contribution is 0.0609. The quantitative estimate of drug-likeness (QED) is 0.715. The summed E-state index contributed by atoms with van der Waals surface area (Å²) >= 11 is 0. The zero-order chi connectivity index (χ0) is 20.5. The van der Waals surface area contributed by atoms with Gasteiger partial charge >= 0.3 is 0 Å². The average molecular weight is 403 g/mol. The Morgan fingerprint density at radius 1 is 1.07 bits per heavy atom. The summed E-state index contributed by atoms with van der Waals surface area (Å²) in [6.45, 7) is 6.02. The fraction of sp³-hybridized carbons (Fsp3) is 0.440. The predicted molar refractivity (Wildman–Crippen MR) is 120 cm³/mol. The van der Waals surface area contributed by atoms with Crippen LogP contribution in [0, 0.1) is 18.8 Å². The van der Waals surface area contributed by atoms with E-state index in [1.165, 1.54) is 19.3 Å². The molecule has 2 unspecified atom stereocenters. The summed E-state index contributed by atoms with van der Waals surface area (Å²) in [4.78, 5) is 20.1. The van der Waals surface area contributed by atoms with Gasteiger partial charge in [0.15, 0.2) is 0 Å².